The minimum absolute atomic E-state index is 0.234. The lowest BCUT2D eigenvalue weighted by atomic mass is 10.1. The molecule has 3 aromatic carbocycles. The summed E-state index contributed by atoms with van der Waals surface area (Å²) in [6.45, 7) is 0.919. The van der Waals surface area contributed by atoms with Crippen molar-refractivity contribution < 1.29 is 9.21 Å². The minimum atomic E-state index is -0.234. The fourth-order valence-corrected chi connectivity index (χ4v) is 4.64. The third-order valence-electron chi connectivity index (χ3n) is 6.45. The van der Waals surface area contributed by atoms with Crippen LogP contribution in [0.5, 0.6) is 0 Å². The number of aromatic nitrogens is 4. The van der Waals surface area contributed by atoms with Crippen LogP contribution in [-0.4, -0.2) is 25.7 Å². The van der Waals surface area contributed by atoms with Crippen LogP contribution in [0.4, 0.5) is 5.69 Å². The maximum absolute atomic E-state index is 13.3. The van der Waals surface area contributed by atoms with Crippen molar-refractivity contribution in [1.82, 2.24) is 19.7 Å². The van der Waals surface area contributed by atoms with Gasteiger partial charge in [-0.15, -0.1) is 10.2 Å². The van der Waals surface area contributed by atoms with E-state index in [0.717, 1.165) is 48.6 Å². The number of oxazole rings is 1. The Bertz CT molecular complexity index is 1520. The average molecular weight is 476 g/mol. The van der Waals surface area contributed by atoms with Gasteiger partial charge in [0.15, 0.2) is 11.6 Å². The van der Waals surface area contributed by atoms with Crippen LogP contribution in [0.25, 0.3) is 34.2 Å². The molecule has 1 N–H and O–H groups in total. The Balaban J connectivity index is 1.27. The number of benzene rings is 3. The van der Waals surface area contributed by atoms with Gasteiger partial charge in [-0.1, -0.05) is 61.0 Å². The molecule has 0 spiro atoms. The van der Waals surface area contributed by atoms with Crippen molar-refractivity contribution in [3.05, 3.63) is 96.4 Å². The van der Waals surface area contributed by atoms with Crippen molar-refractivity contribution in [3.63, 3.8) is 0 Å². The van der Waals surface area contributed by atoms with E-state index in [1.54, 1.807) is 12.3 Å². The lowest BCUT2D eigenvalue weighted by molar-refractivity contribution is 0.102. The molecule has 1 aliphatic rings. The summed E-state index contributed by atoms with van der Waals surface area (Å²) in [6, 6.07) is 24.9. The van der Waals surface area contributed by atoms with Crippen molar-refractivity contribution in [3.8, 4) is 34.2 Å². The molecule has 1 amide bonds. The van der Waals surface area contributed by atoms with Gasteiger partial charge in [0.05, 0.1) is 11.8 Å². The van der Waals surface area contributed by atoms with Crippen LogP contribution < -0.4 is 5.32 Å². The zero-order valence-corrected chi connectivity index (χ0v) is 19.7. The van der Waals surface area contributed by atoms with E-state index in [0.29, 0.717) is 28.5 Å². The quantitative estimate of drug-likeness (QED) is 0.325. The molecule has 7 heteroatoms. The number of carbonyl (C=O) groups excluding carboxylic acids is 1. The topological polar surface area (TPSA) is 85.8 Å². The number of hydrogen-bond donors (Lipinski definition) is 1. The largest absolute Gasteiger partial charge is 0.436 e. The molecule has 2 aromatic heterocycles. The fraction of sp³-hybridized carbons (Fsp3) is 0.172. The van der Waals surface area contributed by atoms with Crippen LogP contribution in [0.15, 0.2) is 89.5 Å². The molecule has 0 atom stereocenters. The minimum Gasteiger partial charge on any atom is -0.436 e. The van der Waals surface area contributed by atoms with Gasteiger partial charge < -0.3 is 14.3 Å². The second-order valence-corrected chi connectivity index (χ2v) is 8.88. The second-order valence-electron chi connectivity index (χ2n) is 8.88. The highest BCUT2D eigenvalue weighted by Gasteiger charge is 2.19. The summed E-state index contributed by atoms with van der Waals surface area (Å²) >= 11 is 0. The van der Waals surface area contributed by atoms with Crippen molar-refractivity contribution in [1.29, 1.82) is 0 Å². The number of nitrogens with zero attached hydrogens (tertiary/aromatic N) is 4. The lowest BCUT2D eigenvalue weighted by Gasteiger charge is -2.11. The summed E-state index contributed by atoms with van der Waals surface area (Å²) < 4.78 is 8.22. The van der Waals surface area contributed by atoms with Gasteiger partial charge in [-0.2, -0.15) is 0 Å². The Morgan fingerprint density at radius 1 is 0.861 bits per heavy atom. The second kappa shape index (κ2) is 9.62. The number of amides is 1. The molecule has 0 fully saturated rings. The van der Waals surface area contributed by atoms with Gasteiger partial charge in [0.1, 0.15) is 5.82 Å². The molecule has 7 nitrogen and oxygen atoms in total. The lowest BCUT2D eigenvalue weighted by Crippen LogP contribution is -2.13. The van der Waals surface area contributed by atoms with Gasteiger partial charge in [-0.05, 0) is 37.1 Å². The zero-order valence-electron chi connectivity index (χ0n) is 19.7. The van der Waals surface area contributed by atoms with Crippen LogP contribution in [0, 0.1) is 0 Å². The molecule has 0 radical (unpaired) electrons. The molecule has 6 rings (SSSR count). The number of carbonyl (C=O) groups is 1. The van der Waals surface area contributed by atoms with Crippen LogP contribution in [-0.2, 0) is 13.0 Å². The molecule has 0 saturated heterocycles. The predicted molar refractivity (Wildman–Crippen MR) is 138 cm³/mol. The molecule has 0 saturated carbocycles. The molecule has 1 aliphatic heterocycles. The third-order valence-corrected chi connectivity index (χ3v) is 6.45. The Labute approximate surface area is 208 Å². The van der Waals surface area contributed by atoms with Gasteiger partial charge in [0, 0.05) is 35.3 Å². The Morgan fingerprint density at radius 3 is 2.61 bits per heavy atom. The van der Waals surface area contributed by atoms with E-state index in [-0.39, 0.29) is 5.91 Å². The summed E-state index contributed by atoms with van der Waals surface area (Å²) in [5.41, 5.74) is 3.68. The Kier molecular flexibility index (Phi) is 5.87. The third kappa shape index (κ3) is 4.31. The first-order chi connectivity index (χ1) is 17.8. The van der Waals surface area contributed by atoms with E-state index in [4.69, 9.17) is 4.42 Å². The highest BCUT2D eigenvalue weighted by Crippen LogP contribution is 2.29. The zero-order chi connectivity index (χ0) is 24.3. The Hall–Kier alpha value is -4.52. The Morgan fingerprint density at radius 2 is 1.69 bits per heavy atom. The first-order valence-corrected chi connectivity index (χ1v) is 12.2. The number of anilines is 1. The molecule has 5 aromatic rings. The van der Waals surface area contributed by atoms with Crippen LogP contribution in [0.1, 0.15) is 35.4 Å². The average Bonchev–Trinajstić information content (AvgIpc) is 3.51. The first-order valence-electron chi connectivity index (χ1n) is 12.2. The van der Waals surface area contributed by atoms with Gasteiger partial charge in [-0.25, -0.2) is 4.98 Å². The molecule has 36 heavy (non-hydrogen) atoms. The normalized spacial score (nSPS) is 13.1. The van der Waals surface area contributed by atoms with Gasteiger partial charge >= 0.3 is 0 Å². The fourth-order valence-electron chi connectivity index (χ4n) is 4.64. The van der Waals surface area contributed by atoms with Crippen LogP contribution >= 0.6 is 0 Å². The SMILES string of the molecule is O=C(Nc1cccc(-c2nnc3n2CCCCC3)c1)c1ccccc1-c1ncc(-c2ccccc2)o1. The van der Waals surface area contributed by atoms with Gasteiger partial charge in [-0.3, -0.25) is 4.79 Å². The van der Waals surface area contributed by atoms with E-state index in [1.807, 2.05) is 72.8 Å². The highest BCUT2D eigenvalue weighted by atomic mass is 16.4. The molecule has 178 valence electrons. The molecular weight excluding hydrogens is 450 g/mol. The van der Waals surface area contributed by atoms with Crippen molar-refractivity contribution in [2.45, 2.75) is 32.2 Å². The molecular formula is C29H25N5O2. The molecule has 0 unspecified atom stereocenters. The van der Waals surface area contributed by atoms with E-state index in [9.17, 15) is 4.79 Å². The van der Waals surface area contributed by atoms with Gasteiger partial charge in [0.2, 0.25) is 5.89 Å². The molecule has 0 aliphatic carbocycles. The van der Waals surface area contributed by atoms with Gasteiger partial charge in [0.25, 0.3) is 5.91 Å². The maximum atomic E-state index is 13.3. The van der Waals surface area contributed by atoms with Crippen LogP contribution in [0.3, 0.4) is 0 Å². The summed E-state index contributed by atoms with van der Waals surface area (Å²) in [5.74, 6) is 2.70. The predicted octanol–water partition coefficient (Wildman–Crippen LogP) is 6.25. The van der Waals surface area contributed by atoms with Crippen LogP contribution in [0.2, 0.25) is 0 Å². The summed E-state index contributed by atoms with van der Waals surface area (Å²) in [6.07, 6.45) is 6.11. The van der Waals surface area contributed by atoms with E-state index in [1.165, 1.54) is 6.42 Å². The first kappa shape index (κ1) is 22.0. The van der Waals surface area contributed by atoms with Crippen molar-refractivity contribution in [2.75, 3.05) is 5.32 Å². The summed E-state index contributed by atoms with van der Waals surface area (Å²) in [4.78, 5) is 17.8. The molecule has 3 heterocycles. The number of rotatable bonds is 5. The smallest absolute Gasteiger partial charge is 0.256 e. The summed E-state index contributed by atoms with van der Waals surface area (Å²) in [7, 11) is 0. The number of nitrogens with one attached hydrogen (secondary N) is 1. The maximum Gasteiger partial charge on any atom is 0.256 e. The van der Waals surface area contributed by atoms with Crippen molar-refractivity contribution in [2.24, 2.45) is 0 Å². The highest BCUT2D eigenvalue weighted by molar-refractivity contribution is 6.08. The van der Waals surface area contributed by atoms with E-state index in [2.05, 4.69) is 25.1 Å². The van der Waals surface area contributed by atoms with E-state index >= 15 is 0 Å². The van der Waals surface area contributed by atoms with Crippen molar-refractivity contribution >= 4 is 11.6 Å². The van der Waals surface area contributed by atoms with E-state index < -0.39 is 0 Å². The monoisotopic (exact) mass is 475 g/mol. The number of hydrogen-bond acceptors (Lipinski definition) is 5. The number of aryl methyl sites for hydroxylation is 1. The number of fused-ring (bicyclic) bond motifs is 1. The molecule has 0 bridgehead atoms. The standard InChI is InChI=1S/C29H25N5O2/c35-28(23-14-6-7-15-24(23)29-30-19-25(36-29)20-10-3-1-4-11-20)31-22-13-9-12-21(18-22)27-33-32-26-16-5-2-8-17-34(26)27/h1,3-4,6-7,9-15,18-19H,2,5,8,16-17H2,(H,31,35). The summed E-state index contributed by atoms with van der Waals surface area (Å²) in [5, 5.41) is 11.9.